The van der Waals surface area contributed by atoms with Crippen LogP contribution in [0.2, 0.25) is 0 Å². The van der Waals surface area contributed by atoms with E-state index in [9.17, 15) is 4.79 Å². The summed E-state index contributed by atoms with van der Waals surface area (Å²) < 4.78 is 9.81. The molecule has 0 aliphatic carbocycles. The summed E-state index contributed by atoms with van der Waals surface area (Å²) in [5.74, 6) is -0.349. The number of esters is 1. The Balaban J connectivity index is 3.31. The Morgan fingerprint density at radius 3 is 2.67 bits per heavy atom. The van der Waals surface area contributed by atoms with Crippen LogP contribution in [0.5, 0.6) is 0 Å². The topological polar surface area (TPSA) is 35.5 Å². The minimum Gasteiger partial charge on any atom is -0.469 e. The zero-order valence-electron chi connectivity index (χ0n) is 8.13. The second-order valence-corrected chi connectivity index (χ2v) is 2.85. The highest BCUT2D eigenvalue weighted by atomic mass is 16.5. The van der Waals surface area contributed by atoms with Gasteiger partial charge in [0, 0.05) is 6.61 Å². The summed E-state index contributed by atoms with van der Waals surface area (Å²) in [6, 6.07) is 0. The molecule has 0 aliphatic heterocycles. The maximum atomic E-state index is 10.9. The van der Waals surface area contributed by atoms with Crippen molar-refractivity contribution in [2.45, 2.75) is 26.7 Å². The Morgan fingerprint density at radius 2 is 2.17 bits per heavy atom. The third-order valence-electron chi connectivity index (χ3n) is 1.61. The number of carbonyl (C=O) groups is 1. The number of carbonyl (C=O) groups excluding carboxylic acids is 1. The quantitative estimate of drug-likeness (QED) is 0.453. The molecule has 0 saturated heterocycles. The zero-order valence-corrected chi connectivity index (χ0v) is 8.13. The number of hydrogen-bond acceptors (Lipinski definition) is 3. The molecule has 3 heteroatoms. The first-order chi connectivity index (χ1) is 5.72. The van der Waals surface area contributed by atoms with Crippen molar-refractivity contribution >= 4 is 5.97 Å². The fourth-order valence-electron chi connectivity index (χ4n) is 0.776. The molecule has 72 valence electrons. The smallest absolute Gasteiger partial charge is 0.310 e. The molecule has 12 heavy (non-hydrogen) atoms. The summed E-state index contributed by atoms with van der Waals surface area (Å²) in [5, 5.41) is 0. The lowest BCUT2D eigenvalue weighted by Crippen LogP contribution is -2.18. The molecule has 0 N–H and O–H groups in total. The monoisotopic (exact) mass is 174 g/mol. The number of rotatable bonds is 6. The van der Waals surface area contributed by atoms with E-state index in [4.69, 9.17) is 4.74 Å². The first-order valence-electron chi connectivity index (χ1n) is 4.38. The van der Waals surface area contributed by atoms with Crippen molar-refractivity contribution in [3.8, 4) is 0 Å². The molecule has 0 aromatic heterocycles. The number of hydrogen-bond donors (Lipinski definition) is 0. The van der Waals surface area contributed by atoms with Gasteiger partial charge in [-0.05, 0) is 13.3 Å². The predicted molar refractivity (Wildman–Crippen MR) is 46.9 cm³/mol. The molecule has 0 rings (SSSR count). The SMILES string of the molecule is CCCCOC[C@@H](C)C(=O)OC. The summed E-state index contributed by atoms with van der Waals surface area (Å²) in [5.41, 5.74) is 0. The van der Waals surface area contributed by atoms with E-state index in [0.29, 0.717) is 6.61 Å². The maximum Gasteiger partial charge on any atom is 0.310 e. The molecular weight excluding hydrogens is 156 g/mol. The molecule has 0 unspecified atom stereocenters. The Bertz CT molecular complexity index is 123. The van der Waals surface area contributed by atoms with Gasteiger partial charge in [0.1, 0.15) is 0 Å². The number of methoxy groups -OCH3 is 1. The molecule has 0 heterocycles. The molecule has 0 radical (unpaired) electrons. The molecule has 0 amide bonds. The van der Waals surface area contributed by atoms with Crippen LogP contribution < -0.4 is 0 Å². The first kappa shape index (κ1) is 11.4. The largest absolute Gasteiger partial charge is 0.469 e. The second-order valence-electron chi connectivity index (χ2n) is 2.85. The average Bonchev–Trinajstić information content (AvgIpc) is 2.10. The van der Waals surface area contributed by atoms with Gasteiger partial charge in [0.05, 0.1) is 19.6 Å². The van der Waals surface area contributed by atoms with Crippen LogP contribution in [-0.4, -0.2) is 26.3 Å². The van der Waals surface area contributed by atoms with E-state index < -0.39 is 0 Å². The highest BCUT2D eigenvalue weighted by Crippen LogP contribution is 1.99. The van der Waals surface area contributed by atoms with Crippen molar-refractivity contribution in [3.05, 3.63) is 0 Å². The third kappa shape index (κ3) is 5.13. The summed E-state index contributed by atoms with van der Waals surface area (Å²) in [7, 11) is 1.39. The van der Waals surface area contributed by atoms with Crippen molar-refractivity contribution < 1.29 is 14.3 Å². The van der Waals surface area contributed by atoms with Crippen LogP contribution in [0.3, 0.4) is 0 Å². The number of ether oxygens (including phenoxy) is 2. The van der Waals surface area contributed by atoms with Crippen LogP contribution >= 0.6 is 0 Å². The highest BCUT2D eigenvalue weighted by molar-refractivity contribution is 5.71. The molecule has 0 aromatic carbocycles. The van der Waals surface area contributed by atoms with Gasteiger partial charge in [0.15, 0.2) is 0 Å². The van der Waals surface area contributed by atoms with Crippen LogP contribution in [0, 0.1) is 5.92 Å². The van der Waals surface area contributed by atoms with Crippen LogP contribution in [0.15, 0.2) is 0 Å². The zero-order chi connectivity index (χ0) is 9.40. The first-order valence-corrected chi connectivity index (χ1v) is 4.38. The van der Waals surface area contributed by atoms with Crippen molar-refractivity contribution in [2.75, 3.05) is 20.3 Å². The van der Waals surface area contributed by atoms with Gasteiger partial charge in [0.2, 0.25) is 0 Å². The van der Waals surface area contributed by atoms with Crippen LogP contribution in [0.1, 0.15) is 26.7 Å². The maximum absolute atomic E-state index is 10.9. The van der Waals surface area contributed by atoms with Gasteiger partial charge < -0.3 is 9.47 Å². The fourth-order valence-corrected chi connectivity index (χ4v) is 0.776. The molecule has 0 saturated carbocycles. The van der Waals surface area contributed by atoms with E-state index in [-0.39, 0.29) is 11.9 Å². The van der Waals surface area contributed by atoms with Crippen molar-refractivity contribution in [1.29, 1.82) is 0 Å². The van der Waals surface area contributed by atoms with Gasteiger partial charge in [-0.3, -0.25) is 4.79 Å². The molecule has 0 spiro atoms. The lowest BCUT2D eigenvalue weighted by atomic mass is 10.2. The summed E-state index contributed by atoms with van der Waals surface area (Å²) >= 11 is 0. The third-order valence-corrected chi connectivity index (χ3v) is 1.61. The molecule has 0 aliphatic rings. The lowest BCUT2D eigenvalue weighted by molar-refractivity contribution is -0.146. The Hall–Kier alpha value is -0.570. The van der Waals surface area contributed by atoms with E-state index in [1.54, 1.807) is 6.92 Å². The van der Waals surface area contributed by atoms with Crippen molar-refractivity contribution in [2.24, 2.45) is 5.92 Å². The number of unbranched alkanes of at least 4 members (excludes halogenated alkanes) is 1. The van der Waals surface area contributed by atoms with Gasteiger partial charge in [-0.1, -0.05) is 13.3 Å². The normalized spacial score (nSPS) is 12.6. The van der Waals surface area contributed by atoms with Gasteiger partial charge >= 0.3 is 5.97 Å². The lowest BCUT2D eigenvalue weighted by Gasteiger charge is -2.08. The van der Waals surface area contributed by atoms with E-state index in [1.807, 2.05) is 0 Å². The van der Waals surface area contributed by atoms with Gasteiger partial charge in [-0.2, -0.15) is 0 Å². The fraction of sp³-hybridized carbons (Fsp3) is 0.889. The predicted octanol–water partition coefficient (Wildman–Crippen LogP) is 1.61. The Morgan fingerprint density at radius 1 is 1.50 bits per heavy atom. The van der Waals surface area contributed by atoms with Crippen LogP contribution in [0.25, 0.3) is 0 Å². The molecule has 3 nitrogen and oxygen atoms in total. The van der Waals surface area contributed by atoms with Crippen LogP contribution in [-0.2, 0) is 14.3 Å². The minimum atomic E-state index is -0.202. The molecule has 0 bridgehead atoms. The average molecular weight is 174 g/mol. The van der Waals surface area contributed by atoms with E-state index in [2.05, 4.69) is 11.7 Å². The van der Waals surface area contributed by atoms with E-state index in [0.717, 1.165) is 19.4 Å². The Kier molecular flexibility index (Phi) is 6.76. The van der Waals surface area contributed by atoms with E-state index >= 15 is 0 Å². The van der Waals surface area contributed by atoms with Gasteiger partial charge in [-0.15, -0.1) is 0 Å². The second kappa shape index (κ2) is 7.10. The van der Waals surface area contributed by atoms with E-state index in [1.165, 1.54) is 7.11 Å². The minimum absolute atomic E-state index is 0.146. The highest BCUT2D eigenvalue weighted by Gasteiger charge is 2.12. The molecule has 1 atom stereocenters. The summed E-state index contributed by atoms with van der Waals surface area (Å²) in [6.07, 6.45) is 2.17. The van der Waals surface area contributed by atoms with Gasteiger partial charge in [0.25, 0.3) is 0 Å². The Labute approximate surface area is 74.0 Å². The van der Waals surface area contributed by atoms with Crippen molar-refractivity contribution in [3.63, 3.8) is 0 Å². The molecular formula is C9H18O3. The standard InChI is InChI=1S/C9H18O3/c1-4-5-6-12-7-8(2)9(10)11-3/h8H,4-7H2,1-3H3/t8-/m1/s1. The summed E-state index contributed by atoms with van der Waals surface area (Å²) in [4.78, 5) is 10.9. The summed E-state index contributed by atoms with van der Waals surface area (Å²) in [6.45, 7) is 5.11. The van der Waals surface area contributed by atoms with Crippen LogP contribution in [0.4, 0.5) is 0 Å². The van der Waals surface area contributed by atoms with Crippen molar-refractivity contribution in [1.82, 2.24) is 0 Å². The molecule has 0 aromatic rings. The van der Waals surface area contributed by atoms with Gasteiger partial charge in [-0.25, -0.2) is 0 Å². The molecule has 0 fully saturated rings.